The molecule has 1 amide bonds. The van der Waals surface area contributed by atoms with Gasteiger partial charge in [-0.25, -0.2) is 4.79 Å². The van der Waals surface area contributed by atoms with Gasteiger partial charge in [0.05, 0.1) is 23.9 Å². The Morgan fingerprint density at radius 1 is 1.06 bits per heavy atom. The van der Waals surface area contributed by atoms with E-state index in [1.54, 1.807) is 41.3 Å². The normalized spacial score (nSPS) is 16.5. The number of nitrogens with zero attached hydrogens (tertiary/aromatic N) is 2. The van der Waals surface area contributed by atoms with Crippen molar-refractivity contribution in [2.45, 2.75) is 0 Å². The summed E-state index contributed by atoms with van der Waals surface area (Å²) in [6.45, 7) is 0. The summed E-state index contributed by atoms with van der Waals surface area (Å²) < 4.78 is 10.6. The fraction of sp³-hybridized carbons (Fsp3) is 0.0400. The molecule has 0 atom stereocenters. The summed E-state index contributed by atoms with van der Waals surface area (Å²) in [4.78, 5) is 30.1. The Labute approximate surface area is 193 Å². The Balaban J connectivity index is 1.43. The first-order valence-electron chi connectivity index (χ1n) is 10.00. The average Bonchev–Trinajstić information content (AvgIpc) is 3.49. The van der Waals surface area contributed by atoms with Crippen molar-refractivity contribution in [3.63, 3.8) is 0 Å². The third kappa shape index (κ3) is 3.81. The van der Waals surface area contributed by atoms with E-state index in [0.29, 0.717) is 22.3 Å². The average molecular weight is 455 g/mol. The first kappa shape index (κ1) is 20.7. The molecule has 0 unspecified atom stereocenters. The Morgan fingerprint density at radius 3 is 2.55 bits per heavy atom. The molecule has 162 valence electrons. The zero-order valence-corrected chi connectivity index (χ0v) is 18.3. The van der Waals surface area contributed by atoms with Gasteiger partial charge in [-0.1, -0.05) is 54.2 Å². The van der Waals surface area contributed by atoms with Crippen LogP contribution < -0.4 is 0 Å². The lowest BCUT2D eigenvalue weighted by Crippen LogP contribution is -2.37. The number of fused-ring (bicyclic) bond motifs is 1. The molecule has 0 aliphatic carbocycles. The van der Waals surface area contributed by atoms with E-state index in [4.69, 9.17) is 14.6 Å². The van der Waals surface area contributed by atoms with E-state index >= 15 is 0 Å². The maximum absolute atomic E-state index is 12.7. The van der Waals surface area contributed by atoms with Gasteiger partial charge in [0.25, 0.3) is 5.91 Å². The van der Waals surface area contributed by atoms with E-state index in [9.17, 15) is 9.59 Å². The van der Waals surface area contributed by atoms with Gasteiger partial charge in [0.15, 0.2) is 5.17 Å². The third-order valence-electron chi connectivity index (χ3n) is 5.19. The smallest absolute Gasteiger partial charge is 0.337 e. The van der Waals surface area contributed by atoms with Gasteiger partial charge < -0.3 is 9.15 Å². The number of thioether (sulfide) groups is 1. The zero-order chi connectivity index (χ0) is 22.9. The first-order valence-corrected chi connectivity index (χ1v) is 10.9. The van der Waals surface area contributed by atoms with E-state index in [0.717, 1.165) is 16.8 Å². The molecule has 33 heavy (non-hydrogen) atoms. The van der Waals surface area contributed by atoms with E-state index in [1.807, 2.05) is 35.7 Å². The van der Waals surface area contributed by atoms with Crippen molar-refractivity contribution >= 4 is 46.4 Å². The molecule has 1 aromatic heterocycles. The van der Waals surface area contributed by atoms with Crippen molar-refractivity contribution < 1.29 is 18.7 Å². The van der Waals surface area contributed by atoms with Crippen molar-refractivity contribution in [1.82, 2.24) is 4.90 Å². The van der Waals surface area contributed by atoms with Crippen molar-refractivity contribution in [1.29, 1.82) is 5.41 Å². The van der Waals surface area contributed by atoms with Crippen LogP contribution >= 0.6 is 11.8 Å². The largest absolute Gasteiger partial charge is 0.465 e. The van der Waals surface area contributed by atoms with Gasteiger partial charge in [0.2, 0.25) is 0 Å². The molecule has 0 saturated carbocycles. The van der Waals surface area contributed by atoms with E-state index in [2.05, 4.69) is 4.99 Å². The molecule has 7 nitrogen and oxygen atoms in total. The highest BCUT2D eigenvalue weighted by Crippen LogP contribution is 2.37. The predicted molar refractivity (Wildman–Crippen MR) is 127 cm³/mol. The van der Waals surface area contributed by atoms with Gasteiger partial charge in [-0.05, 0) is 35.9 Å². The standard InChI is InChI=1S/C25H17N3O4S/c1-31-24(30)17-9-7-16(8-10-17)21-12-11-18(32-21)13-19-22(26)28-20(15-5-3-2-4-6-15)14-33-25(28)27-23(19)29/h2-14,26H,1H3/b19-13-,26-22?. The minimum atomic E-state index is -0.484. The van der Waals surface area contributed by atoms with Crippen LogP contribution in [0.15, 0.2) is 87.1 Å². The number of aliphatic imine (C=N–C) groups is 1. The SMILES string of the molecule is COC(=O)c1ccc(-c2ccc(/C=C3/C(=N)N4C(c5ccccc5)=CSC4=NC3=O)o2)cc1. The molecule has 1 N–H and O–H groups in total. The van der Waals surface area contributed by atoms with Gasteiger partial charge in [0.1, 0.15) is 17.4 Å². The first-order chi connectivity index (χ1) is 16.0. The van der Waals surface area contributed by atoms with Gasteiger partial charge in [0, 0.05) is 11.0 Å². The highest BCUT2D eigenvalue weighted by atomic mass is 32.2. The Bertz CT molecular complexity index is 1370. The molecule has 5 rings (SSSR count). The number of carbonyl (C=O) groups is 2. The van der Waals surface area contributed by atoms with Crippen molar-refractivity contribution in [2.75, 3.05) is 7.11 Å². The zero-order valence-electron chi connectivity index (χ0n) is 17.4. The quantitative estimate of drug-likeness (QED) is 0.438. The molecular formula is C25H17N3O4S. The van der Waals surface area contributed by atoms with Crippen LogP contribution in [0, 0.1) is 5.41 Å². The van der Waals surface area contributed by atoms with Crippen molar-refractivity contribution in [3.05, 3.63) is 94.6 Å². The van der Waals surface area contributed by atoms with E-state index in [-0.39, 0.29) is 11.4 Å². The summed E-state index contributed by atoms with van der Waals surface area (Å²) in [6, 6.07) is 20.0. The van der Waals surface area contributed by atoms with Gasteiger partial charge in [-0.15, -0.1) is 0 Å². The summed E-state index contributed by atoms with van der Waals surface area (Å²) in [5, 5.41) is 11.1. The number of amides is 1. The van der Waals surface area contributed by atoms with Crippen LogP contribution in [0.2, 0.25) is 0 Å². The molecule has 8 heteroatoms. The lowest BCUT2D eigenvalue weighted by molar-refractivity contribution is -0.114. The highest BCUT2D eigenvalue weighted by Gasteiger charge is 2.36. The Morgan fingerprint density at radius 2 is 1.82 bits per heavy atom. The Kier molecular flexibility index (Phi) is 5.27. The van der Waals surface area contributed by atoms with E-state index < -0.39 is 11.9 Å². The fourth-order valence-electron chi connectivity index (χ4n) is 3.53. The molecule has 0 saturated heterocycles. The number of hydrogen-bond donors (Lipinski definition) is 1. The highest BCUT2D eigenvalue weighted by molar-refractivity contribution is 8.17. The minimum absolute atomic E-state index is 0.0467. The number of nitrogens with one attached hydrogen (secondary N) is 1. The lowest BCUT2D eigenvalue weighted by atomic mass is 10.1. The number of amidine groups is 2. The minimum Gasteiger partial charge on any atom is -0.465 e. The van der Waals surface area contributed by atoms with Crippen LogP contribution in [-0.2, 0) is 9.53 Å². The second kappa shape index (κ2) is 8.40. The topological polar surface area (TPSA) is 96.0 Å². The monoisotopic (exact) mass is 455 g/mol. The predicted octanol–water partition coefficient (Wildman–Crippen LogP) is 5.04. The van der Waals surface area contributed by atoms with Crippen LogP contribution in [0.25, 0.3) is 23.1 Å². The number of ether oxygens (including phenoxy) is 1. The molecule has 2 aliphatic heterocycles. The second-order valence-electron chi connectivity index (χ2n) is 7.20. The van der Waals surface area contributed by atoms with Crippen LogP contribution in [0.4, 0.5) is 0 Å². The van der Waals surface area contributed by atoms with Crippen LogP contribution in [0.3, 0.4) is 0 Å². The maximum atomic E-state index is 12.7. The molecule has 0 fully saturated rings. The van der Waals surface area contributed by atoms with Crippen LogP contribution in [0.5, 0.6) is 0 Å². The fourth-order valence-corrected chi connectivity index (χ4v) is 4.42. The number of esters is 1. The number of carbonyl (C=O) groups excluding carboxylic acids is 2. The molecule has 0 spiro atoms. The second-order valence-corrected chi connectivity index (χ2v) is 8.04. The number of rotatable bonds is 4. The molecular weight excluding hydrogens is 438 g/mol. The molecule has 0 radical (unpaired) electrons. The van der Waals surface area contributed by atoms with Gasteiger partial charge in [-0.3, -0.25) is 15.1 Å². The third-order valence-corrected chi connectivity index (χ3v) is 6.01. The van der Waals surface area contributed by atoms with Crippen molar-refractivity contribution in [3.8, 4) is 11.3 Å². The Hall–Kier alpha value is -4.17. The summed E-state index contributed by atoms with van der Waals surface area (Å²) in [6.07, 6.45) is 1.53. The molecule has 2 aromatic carbocycles. The van der Waals surface area contributed by atoms with E-state index in [1.165, 1.54) is 24.9 Å². The number of furan rings is 1. The molecule has 3 aromatic rings. The number of methoxy groups -OCH3 is 1. The molecule has 0 bridgehead atoms. The van der Waals surface area contributed by atoms with Gasteiger partial charge in [-0.2, -0.15) is 4.99 Å². The van der Waals surface area contributed by atoms with Crippen LogP contribution in [0.1, 0.15) is 21.7 Å². The molecule has 3 heterocycles. The number of hydrogen-bond acceptors (Lipinski definition) is 6. The summed E-state index contributed by atoms with van der Waals surface area (Å²) >= 11 is 1.32. The lowest BCUT2D eigenvalue weighted by Gasteiger charge is -2.26. The number of benzene rings is 2. The molecule has 2 aliphatic rings. The summed E-state index contributed by atoms with van der Waals surface area (Å²) in [5.41, 5.74) is 3.08. The van der Waals surface area contributed by atoms with Crippen LogP contribution in [-0.4, -0.2) is 34.9 Å². The summed E-state index contributed by atoms with van der Waals surface area (Å²) in [5.74, 6) is 0.140. The summed E-state index contributed by atoms with van der Waals surface area (Å²) in [7, 11) is 1.33. The maximum Gasteiger partial charge on any atom is 0.337 e. The van der Waals surface area contributed by atoms with Crippen molar-refractivity contribution in [2.24, 2.45) is 4.99 Å². The van der Waals surface area contributed by atoms with Gasteiger partial charge >= 0.3 is 5.97 Å².